The monoisotopic (exact) mass is 547 g/mol. The van der Waals surface area contributed by atoms with Gasteiger partial charge in [-0.15, -0.1) is 0 Å². The highest BCUT2D eigenvalue weighted by Crippen LogP contribution is 2.40. The summed E-state index contributed by atoms with van der Waals surface area (Å²) in [5, 5.41) is 15.9. The molecule has 0 bridgehead atoms. The largest absolute Gasteiger partial charge is 0.444 e. The van der Waals surface area contributed by atoms with Gasteiger partial charge in [0.1, 0.15) is 22.7 Å². The zero-order valence-electron chi connectivity index (χ0n) is 22.0. The molecule has 0 saturated carbocycles. The molecular weight excluding hydrogens is 518 g/mol. The van der Waals surface area contributed by atoms with Crippen molar-refractivity contribution in [2.45, 2.75) is 57.1 Å². The highest BCUT2D eigenvalue weighted by Gasteiger charge is 2.31. The van der Waals surface area contributed by atoms with Crippen LogP contribution < -0.4 is 5.32 Å². The molecule has 0 unspecified atom stereocenters. The second kappa shape index (κ2) is 9.81. The minimum absolute atomic E-state index is 0.140. The summed E-state index contributed by atoms with van der Waals surface area (Å²) in [4.78, 5) is 21.4. The molecule has 0 aliphatic heterocycles. The van der Waals surface area contributed by atoms with Crippen LogP contribution in [0.15, 0.2) is 71.0 Å². The van der Waals surface area contributed by atoms with Gasteiger partial charge in [0.15, 0.2) is 0 Å². The Bertz CT molecular complexity index is 1690. The van der Waals surface area contributed by atoms with Crippen molar-refractivity contribution in [3.05, 3.63) is 77.7 Å². The van der Waals surface area contributed by atoms with E-state index in [1.165, 1.54) is 16.4 Å². The van der Waals surface area contributed by atoms with Gasteiger partial charge in [0.2, 0.25) is 0 Å². The molecule has 5 rings (SSSR count). The van der Waals surface area contributed by atoms with Gasteiger partial charge in [-0.3, -0.25) is 9.97 Å². The number of oxime groups is 1. The van der Waals surface area contributed by atoms with Gasteiger partial charge in [-0.05, 0) is 75.9 Å². The number of hydrogen-bond acceptors (Lipinski definition) is 8. The van der Waals surface area contributed by atoms with Crippen LogP contribution in [0, 0.1) is 0 Å². The lowest BCUT2D eigenvalue weighted by atomic mass is 10.0. The number of aryl methyl sites for hydroxylation is 1. The van der Waals surface area contributed by atoms with E-state index in [4.69, 9.17) is 9.94 Å². The van der Waals surface area contributed by atoms with Gasteiger partial charge < -0.3 is 15.3 Å². The third-order valence-electron chi connectivity index (χ3n) is 6.55. The van der Waals surface area contributed by atoms with Crippen LogP contribution in [-0.2, 0) is 21.2 Å². The number of alkyl carbamates (subject to hydrolysis) is 1. The number of aromatic nitrogens is 3. The standard InChI is InChI=1S/C28H29N5O5S/c1-17(32-35)23-15-30-24(16-29-23)26-14-21-19-10-12-22(31-27(34)38-28(2,3)4)20(19)11-13-25(21)33(26)39(36,37)18-8-6-5-7-9-18/h5-9,11,13-16,22,35H,10,12H2,1-4H3,(H,31,34)/b32-17-/t22-/m1/s1. The van der Waals surface area contributed by atoms with Crippen LogP contribution in [0.1, 0.15) is 57.0 Å². The highest BCUT2D eigenvalue weighted by molar-refractivity contribution is 7.90. The van der Waals surface area contributed by atoms with Crippen molar-refractivity contribution in [3.63, 3.8) is 0 Å². The SMILES string of the molecule is C/C(=N/O)c1cnc(-c2cc3c4c(ccc3n2S(=O)(=O)c2ccccc2)[C@H](NC(=O)OC(C)(C)C)CC4)cn1. The van der Waals surface area contributed by atoms with Crippen LogP contribution in [0.2, 0.25) is 0 Å². The average molecular weight is 548 g/mol. The fourth-order valence-corrected chi connectivity index (χ4v) is 6.35. The van der Waals surface area contributed by atoms with Gasteiger partial charge in [0.25, 0.3) is 10.0 Å². The summed E-state index contributed by atoms with van der Waals surface area (Å²) in [5.41, 5.74) is 3.11. The molecule has 2 N–H and O–H groups in total. The molecule has 0 spiro atoms. The Morgan fingerprint density at radius 1 is 1.13 bits per heavy atom. The topological polar surface area (TPSA) is 136 Å². The minimum Gasteiger partial charge on any atom is -0.444 e. The van der Waals surface area contributed by atoms with Crippen molar-refractivity contribution in [2.24, 2.45) is 5.16 Å². The smallest absolute Gasteiger partial charge is 0.408 e. The van der Waals surface area contributed by atoms with Crippen molar-refractivity contribution in [2.75, 3.05) is 0 Å². The fourth-order valence-electron chi connectivity index (χ4n) is 4.82. The molecule has 10 nitrogen and oxygen atoms in total. The zero-order valence-corrected chi connectivity index (χ0v) is 22.9. The Morgan fingerprint density at radius 2 is 1.87 bits per heavy atom. The molecule has 1 aliphatic carbocycles. The molecule has 4 aromatic rings. The van der Waals surface area contributed by atoms with Crippen LogP contribution in [0.5, 0.6) is 0 Å². The number of benzene rings is 2. The Balaban J connectivity index is 1.66. The molecule has 39 heavy (non-hydrogen) atoms. The molecule has 0 radical (unpaired) electrons. The summed E-state index contributed by atoms with van der Waals surface area (Å²) in [6, 6.07) is 13.4. The lowest BCUT2D eigenvalue weighted by Crippen LogP contribution is -2.34. The van der Waals surface area contributed by atoms with Crippen molar-refractivity contribution >= 4 is 32.7 Å². The normalized spacial score (nSPS) is 15.8. The first-order valence-electron chi connectivity index (χ1n) is 12.5. The Morgan fingerprint density at radius 3 is 2.51 bits per heavy atom. The van der Waals surface area contributed by atoms with E-state index in [-0.39, 0.29) is 16.6 Å². The van der Waals surface area contributed by atoms with Gasteiger partial charge in [-0.25, -0.2) is 17.2 Å². The number of nitrogens with zero attached hydrogens (tertiary/aromatic N) is 4. The molecule has 1 aliphatic rings. The maximum Gasteiger partial charge on any atom is 0.408 e. The molecule has 1 atom stereocenters. The molecular formula is C28H29N5O5S. The van der Waals surface area contributed by atoms with Crippen LogP contribution in [-0.4, -0.2) is 45.0 Å². The summed E-state index contributed by atoms with van der Waals surface area (Å²) in [6.45, 7) is 7.02. The quantitative estimate of drug-likeness (QED) is 0.203. The van der Waals surface area contributed by atoms with Crippen molar-refractivity contribution in [3.8, 4) is 11.4 Å². The van der Waals surface area contributed by atoms with E-state index in [2.05, 4.69) is 20.4 Å². The third-order valence-corrected chi connectivity index (χ3v) is 8.30. The summed E-state index contributed by atoms with van der Waals surface area (Å²) in [7, 11) is -4.01. The predicted octanol–water partition coefficient (Wildman–Crippen LogP) is 5.05. The molecule has 1 amide bonds. The maximum absolute atomic E-state index is 14.0. The molecule has 2 aromatic carbocycles. The number of fused-ring (bicyclic) bond motifs is 3. The first-order chi connectivity index (χ1) is 18.5. The zero-order chi connectivity index (χ0) is 27.9. The van der Waals surface area contributed by atoms with Gasteiger partial charge in [-0.2, -0.15) is 0 Å². The van der Waals surface area contributed by atoms with E-state index < -0.39 is 21.7 Å². The van der Waals surface area contributed by atoms with Crippen LogP contribution in [0.4, 0.5) is 4.79 Å². The van der Waals surface area contributed by atoms with Crippen molar-refractivity contribution < 1.29 is 23.2 Å². The molecule has 0 fully saturated rings. The van der Waals surface area contributed by atoms with Gasteiger partial charge in [-0.1, -0.05) is 29.4 Å². The lowest BCUT2D eigenvalue weighted by Gasteiger charge is -2.22. The molecule has 2 aromatic heterocycles. The van der Waals surface area contributed by atoms with Crippen LogP contribution in [0.3, 0.4) is 0 Å². The first kappa shape index (κ1) is 26.4. The Kier molecular flexibility index (Phi) is 6.63. The molecule has 0 saturated heterocycles. The number of carbonyl (C=O) groups excluding carboxylic acids is 1. The van der Waals surface area contributed by atoms with Gasteiger partial charge in [0.05, 0.1) is 34.5 Å². The average Bonchev–Trinajstić information content (AvgIpc) is 3.49. The summed E-state index contributed by atoms with van der Waals surface area (Å²) in [6.07, 6.45) is 3.71. The summed E-state index contributed by atoms with van der Waals surface area (Å²) < 4.78 is 34.6. The summed E-state index contributed by atoms with van der Waals surface area (Å²) in [5.74, 6) is 0. The molecule has 202 valence electrons. The fraction of sp³-hybridized carbons (Fsp3) is 0.286. The number of hydrogen-bond donors (Lipinski definition) is 2. The van der Waals surface area contributed by atoms with E-state index in [9.17, 15) is 13.2 Å². The van der Waals surface area contributed by atoms with Gasteiger partial charge in [0, 0.05) is 5.39 Å². The van der Waals surface area contributed by atoms with Crippen LogP contribution in [0.25, 0.3) is 22.3 Å². The van der Waals surface area contributed by atoms with Crippen LogP contribution >= 0.6 is 0 Å². The number of carbonyl (C=O) groups is 1. The number of amides is 1. The second-order valence-electron chi connectivity index (χ2n) is 10.4. The number of nitrogens with one attached hydrogen (secondary N) is 1. The predicted molar refractivity (Wildman–Crippen MR) is 146 cm³/mol. The molecule has 2 heterocycles. The van der Waals surface area contributed by atoms with E-state index in [0.717, 1.165) is 16.5 Å². The van der Waals surface area contributed by atoms with E-state index in [1.54, 1.807) is 49.4 Å². The highest BCUT2D eigenvalue weighted by atomic mass is 32.2. The Labute approximate surface area is 226 Å². The lowest BCUT2D eigenvalue weighted by molar-refractivity contribution is 0.0503. The molecule has 11 heteroatoms. The van der Waals surface area contributed by atoms with Crippen molar-refractivity contribution in [1.82, 2.24) is 19.3 Å². The minimum atomic E-state index is -4.01. The second-order valence-corrected chi connectivity index (χ2v) is 12.2. The van der Waals surface area contributed by atoms with E-state index >= 15 is 0 Å². The third kappa shape index (κ3) is 4.97. The summed E-state index contributed by atoms with van der Waals surface area (Å²) >= 11 is 0. The number of rotatable bonds is 5. The number of ether oxygens (including phenoxy) is 1. The van der Waals surface area contributed by atoms with E-state index in [0.29, 0.717) is 35.4 Å². The van der Waals surface area contributed by atoms with Crippen molar-refractivity contribution in [1.29, 1.82) is 0 Å². The Hall–Kier alpha value is -4.25. The maximum atomic E-state index is 14.0. The van der Waals surface area contributed by atoms with E-state index in [1.807, 2.05) is 26.8 Å². The van der Waals surface area contributed by atoms with Gasteiger partial charge >= 0.3 is 6.09 Å². The first-order valence-corrected chi connectivity index (χ1v) is 13.9.